The van der Waals surface area contributed by atoms with Crippen LogP contribution in [0.5, 0.6) is 0 Å². The molecule has 1 atom stereocenters. The molecule has 2 N–H and O–H groups in total. The molecule has 0 saturated heterocycles. The number of amides is 3. The molecule has 9 heteroatoms. The zero-order valence-corrected chi connectivity index (χ0v) is 18.3. The van der Waals surface area contributed by atoms with Crippen LogP contribution in [0.25, 0.3) is 0 Å². The van der Waals surface area contributed by atoms with Gasteiger partial charge in [0.15, 0.2) is 5.69 Å². The molecule has 0 aliphatic carbocycles. The Labute approximate surface area is 190 Å². The second-order valence-electron chi connectivity index (χ2n) is 8.19. The van der Waals surface area contributed by atoms with Crippen molar-refractivity contribution in [3.63, 3.8) is 0 Å². The van der Waals surface area contributed by atoms with Gasteiger partial charge in [0.2, 0.25) is 5.91 Å². The van der Waals surface area contributed by atoms with E-state index in [9.17, 15) is 18.8 Å². The zero-order chi connectivity index (χ0) is 23.6. The van der Waals surface area contributed by atoms with Gasteiger partial charge in [-0.05, 0) is 30.2 Å². The topological polar surface area (TPSA) is 96.3 Å². The Hall–Kier alpha value is -4.01. The number of hydrogen-bond acceptors (Lipinski definition) is 4. The van der Waals surface area contributed by atoms with Gasteiger partial charge in [-0.2, -0.15) is 5.10 Å². The van der Waals surface area contributed by atoms with Crippen LogP contribution in [0.1, 0.15) is 39.0 Å². The Morgan fingerprint density at radius 1 is 1.03 bits per heavy atom. The standard InChI is InChI=1S/C24H24FN5O3/c1-24(23(33)27-13-16-7-4-3-5-8-16)15-30-20(22(32)29(24)2)12-19(28-30)21(31)26-14-17-9-6-10-18(25)11-17/h3-12H,13-15H2,1-2H3,(H,26,31)(H,27,33)/t24-/m1/s1. The maximum atomic E-state index is 13.3. The normalized spacial score (nSPS) is 17.4. The molecule has 2 heterocycles. The number of fused-ring (bicyclic) bond motifs is 1. The molecular formula is C24H24FN5O3. The zero-order valence-electron chi connectivity index (χ0n) is 18.3. The van der Waals surface area contributed by atoms with Crippen LogP contribution in [-0.2, 0) is 24.4 Å². The summed E-state index contributed by atoms with van der Waals surface area (Å²) in [6.45, 7) is 2.21. The summed E-state index contributed by atoms with van der Waals surface area (Å²) in [5, 5.41) is 9.82. The molecule has 0 radical (unpaired) electrons. The number of carbonyl (C=O) groups excluding carboxylic acids is 3. The average molecular weight is 449 g/mol. The van der Waals surface area contributed by atoms with Gasteiger partial charge in [-0.25, -0.2) is 4.39 Å². The number of likely N-dealkylation sites (N-methyl/N-ethyl adjacent to an activating group) is 1. The van der Waals surface area contributed by atoms with Gasteiger partial charge >= 0.3 is 0 Å². The predicted molar refractivity (Wildman–Crippen MR) is 119 cm³/mol. The molecule has 170 valence electrons. The molecule has 3 aromatic rings. The van der Waals surface area contributed by atoms with Gasteiger partial charge in [0, 0.05) is 26.2 Å². The molecule has 8 nitrogen and oxygen atoms in total. The van der Waals surface area contributed by atoms with E-state index < -0.39 is 23.2 Å². The van der Waals surface area contributed by atoms with Crippen molar-refractivity contribution < 1.29 is 18.8 Å². The van der Waals surface area contributed by atoms with Gasteiger partial charge < -0.3 is 15.5 Å². The number of carbonyl (C=O) groups is 3. The molecular weight excluding hydrogens is 425 g/mol. The van der Waals surface area contributed by atoms with E-state index in [0.29, 0.717) is 12.1 Å². The fourth-order valence-electron chi connectivity index (χ4n) is 3.73. The van der Waals surface area contributed by atoms with Crippen LogP contribution < -0.4 is 10.6 Å². The van der Waals surface area contributed by atoms with Crippen molar-refractivity contribution in [1.29, 1.82) is 0 Å². The summed E-state index contributed by atoms with van der Waals surface area (Å²) in [4.78, 5) is 40.0. The highest BCUT2D eigenvalue weighted by Crippen LogP contribution is 2.26. The summed E-state index contributed by atoms with van der Waals surface area (Å²) < 4.78 is 14.7. The third-order valence-corrected chi connectivity index (χ3v) is 5.86. The van der Waals surface area contributed by atoms with Crippen LogP contribution in [0.2, 0.25) is 0 Å². The van der Waals surface area contributed by atoms with Crippen molar-refractivity contribution in [1.82, 2.24) is 25.3 Å². The summed E-state index contributed by atoms with van der Waals surface area (Å²) in [5.74, 6) is -1.61. The molecule has 0 bridgehead atoms. The number of rotatable bonds is 6. The minimum atomic E-state index is -1.18. The summed E-state index contributed by atoms with van der Waals surface area (Å²) in [6, 6.07) is 16.8. The van der Waals surface area contributed by atoms with Gasteiger partial charge in [0.05, 0.1) is 6.54 Å². The molecule has 0 saturated carbocycles. The Bertz CT molecular complexity index is 1210. The molecule has 1 aliphatic heterocycles. The molecule has 2 aromatic carbocycles. The fourth-order valence-corrected chi connectivity index (χ4v) is 3.73. The summed E-state index contributed by atoms with van der Waals surface area (Å²) in [5.41, 5.74) is 0.640. The van der Waals surface area contributed by atoms with Crippen LogP contribution in [0, 0.1) is 5.82 Å². The smallest absolute Gasteiger partial charge is 0.272 e. The third-order valence-electron chi connectivity index (χ3n) is 5.86. The molecule has 1 aliphatic rings. The number of aromatic nitrogens is 2. The van der Waals surface area contributed by atoms with Crippen molar-refractivity contribution in [2.75, 3.05) is 7.05 Å². The molecule has 1 aromatic heterocycles. The van der Waals surface area contributed by atoms with Crippen molar-refractivity contribution in [3.8, 4) is 0 Å². The van der Waals surface area contributed by atoms with Crippen LogP contribution in [0.15, 0.2) is 60.7 Å². The highest BCUT2D eigenvalue weighted by molar-refractivity contribution is 6.01. The SMILES string of the molecule is CN1C(=O)c2cc(C(=O)NCc3cccc(F)c3)nn2C[C@]1(C)C(=O)NCc1ccccc1. The molecule has 33 heavy (non-hydrogen) atoms. The molecule has 4 rings (SSSR count). The van der Waals surface area contributed by atoms with Gasteiger partial charge in [-0.15, -0.1) is 0 Å². The molecule has 0 unspecified atom stereocenters. The summed E-state index contributed by atoms with van der Waals surface area (Å²) in [7, 11) is 1.56. The van der Waals surface area contributed by atoms with E-state index in [1.54, 1.807) is 26.1 Å². The monoisotopic (exact) mass is 449 g/mol. The third kappa shape index (κ3) is 4.48. The van der Waals surface area contributed by atoms with E-state index in [1.807, 2.05) is 30.3 Å². The van der Waals surface area contributed by atoms with Crippen LogP contribution in [0.4, 0.5) is 4.39 Å². The minimum absolute atomic E-state index is 0.0529. The van der Waals surface area contributed by atoms with Crippen LogP contribution in [-0.4, -0.2) is 45.0 Å². The van der Waals surface area contributed by atoms with Crippen molar-refractivity contribution in [2.45, 2.75) is 32.1 Å². The van der Waals surface area contributed by atoms with E-state index >= 15 is 0 Å². The lowest BCUT2D eigenvalue weighted by Crippen LogP contribution is -2.62. The first kappa shape index (κ1) is 22.2. The number of halogens is 1. The quantitative estimate of drug-likeness (QED) is 0.603. The average Bonchev–Trinajstić information content (AvgIpc) is 3.24. The molecule has 0 spiro atoms. The van der Waals surface area contributed by atoms with Gasteiger partial charge in [0.25, 0.3) is 11.8 Å². The van der Waals surface area contributed by atoms with Gasteiger partial charge in [-0.3, -0.25) is 19.1 Å². The van der Waals surface area contributed by atoms with Crippen molar-refractivity contribution in [3.05, 3.63) is 89.0 Å². The van der Waals surface area contributed by atoms with Crippen LogP contribution in [0.3, 0.4) is 0 Å². The van der Waals surface area contributed by atoms with E-state index in [0.717, 1.165) is 5.56 Å². The number of nitrogens with one attached hydrogen (secondary N) is 2. The minimum Gasteiger partial charge on any atom is -0.350 e. The Kier molecular flexibility index (Phi) is 5.95. The Morgan fingerprint density at radius 2 is 1.73 bits per heavy atom. The fraction of sp³-hybridized carbons (Fsp3) is 0.250. The number of nitrogens with zero attached hydrogens (tertiary/aromatic N) is 3. The maximum Gasteiger partial charge on any atom is 0.272 e. The van der Waals surface area contributed by atoms with E-state index in [4.69, 9.17) is 0 Å². The van der Waals surface area contributed by atoms with E-state index in [-0.39, 0.29) is 30.4 Å². The second kappa shape index (κ2) is 8.85. The van der Waals surface area contributed by atoms with Gasteiger partial charge in [0.1, 0.15) is 17.1 Å². The number of hydrogen-bond donors (Lipinski definition) is 2. The van der Waals surface area contributed by atoms with Crippen LogP contribution >= 0.6 is 0 Å². The van der Waals surface area contributed by atoms with Gasteiger partial charge in [-0.1, -0.05) is 42.5 Å². The van der Waals surface area contributed by atoms with E-state index in [2.05, 4.69) is 15.7 Å². The highest BCUT2D eigenvalue weighted by atomic mass is 19.1. The predicted octanol–water partition coefficient (Wildman–Crippen LogP) is 2.11. The first-order valence-electron chi connectivity index (χ1n) is 10.5. The Balaban J connectivity index is 1.47. The lowest BCUT2D eigenvalue weighted by molar-refractivity contribution is -0.132. The molecule has 3 amide bonds. The largest absolute Gasteiger partial charge is 0.350 e. The highest BCUT2D eigenvalue weighted by Gasteiger charge is 2.46. The van der Waals surface area contributed by atoms with E-state index in [1.165, 1.54) is 27.8 Å². The summed E-state index contributed by atoms with van der Waals surface area (Å²) >= 11 is 0. The lowest BCUT2D eigenvalue weighted by Gasteiger charge is -2.40. The van der Waals surface area contributed by atoms with Crippen molar-refractivity contribution >= 4 is 17.7 Å². The first-order chi connectivity index (χ1) is 15.8. The molecule has 0 fully saturated rings. The maximum absolute atomic E-state index is 13.3. The second-order valence-corrected chi connectivity index (χ2v) is 8.19. The Morgan fingerprint density at radius 3 is 2.45 bits per heavy atom. The lowest BCUT2D eigenvalue weighted by atomic mass is 9.96. The first-order valence-corrected chi connectivity index (χ1v) is 10.5. The van der Waals surface area contributed by atoms with Crippen molar-refractivity contribution in [2.24, 2.45) is 0 Å². The number of benzene rings is 2. The summed E-state index contributed by atoms with van der Waals surface area (Å²) in [6.07, 6.45) is 0.